The Morgan fingerprint density at radius 1 is 1.25 bits per heavy atom. The molecule has 2 aliphatic heterocycles. The summed E-state index contributed by atoms with van der Waals surface area (Å²) in [6, 6.07) is 4.34. The van der Waals surface area contributed by atoms with Gasteiger partial charge in [0.1, 0.15) is 13.2 Å². The molecule has 0 spiro atoms. The van der Waals surface area contributed by atoms with Gasteiger partial charge in [-0.15, -0.1) is 0 Å². The van der Waals surface area contributed by atoms with Crippen molar-refractivity contribution in [2.45, 2.75) is 12.6 Å². The van der Waals surface area contributed by atoms with E-state index in [1.54, 1.807) is 0 Å². The number of hydrogen-bond acceptors (Lipinski definition) is 6. The molecule has 0 radical (unpaired) electrons. The second-order valence-corrected chi connectivity index (χ2v) is 5.13. The van der Waals surface area contributed by atoms with E-state index in [4.69, 9.17) is 20.9 Å². The summed E-state index contributed by atoms with van der Waals surface area (Å²) >= 11 is 0. The zero-order valence-electron chi connectivity index (χ0n) is 11.6. The number of rotatable bonds is 3. The third kappa shape index (κ3) is 2.42. The summed E-state index contributed by atoms with van der Waals surface area (Å²) in [6.45, 7) is 5.01. The van der Waals surface area contributed by atoms with E-state index in [2.05, 4.69) is 16.3 Å². The van der Waals surface area contributed by atoms with Crippen molar-refractivity contribution in [3.05, 3.63) is 17.7 Å². The molecule has 1 aromatic carbocycles. The first-order chi connectivity index (χ1) is 9.83. The Labute approximate surface area is 119 Å². The van der Waals surface area contributed by atoms with Crippen LogP contribution in [-0.4, -0.2) is 45.4 Å². The van der Waals surface area contributed by atoms with Gasteiger partial charge < -0.3 is 31.2 Å². The van der Waals surface area contributed by atoms with Crippen molar-refractivity contribution in [3.8, 4) is 11.5 Å². The molecule has 1 fully saturated rings. The summed E-state index contributed by atoms with van der Waals surface area (Å²) in [6.07, 6.45) is 0. The van der Waals surface area contributed by atoms with Crippen LogP contribution in [0.2, 0.25) is 0 Å². The maximum absolute atomic E-state index is 5.90. The largest absolute Gasteiger partial charge is 0.486 e. The van der Waals surface area contributed by atoms with Gasteiger partial charge in [0.05, 0.1) is 11.7 Å². The van der Waals surface area contributed by atoms with Gasteiger partial charge >= 0.3 is 0 Å². The van der Waals surface area contributed by atoms with Gasteiger partial charge in [-0.3, -0.25) is 0 Å². The Hall–Kier alpha value is -1.50. The van der Waals surface area contributed by atoms with E-state index in [-0.39, 0.29) is 6.04 Å². The Morgan fingerprint density at radius 3 is 2.90 bits per heavy atom. The molecule has 6 heteroatoms. The van der Waals surface area contributed by atoms with Gasteiger partial charge in [0.15, 0.2) is 11.5 Å². The van der Waals surface area contributed by atoms with Crippen molar-refractivity contribution in [2.75, 3.05) is 44.3 Å². The van der Waals surface area contributed by atoms with Crippen molar-refractivity contribution in [3.63, 3.8) is 0 Å². The van der Waals surface area contributed by atoms with Crippen LogP contribution >= 0.6 is 0 Å². The molecule has 5 N–H and O–H groups in total. The summed E-state index contributed by atoms with van der Waals surface area (Å²) in [4.78, 5) is 2.31. The number of benzene rings is 1. The minimum Gasteiger partial charge on any atom is -0.486 e. The van der Waals surface area contributed by atoms with Crippen LogP contribution in [0.4, 0.5) is 5.69 Å². The van der Waals surface area contributed by atoms with Crippen molar-refractivity contribution < 1.29 is 9.47 Å². The maximum atomic E-state index is 5.90. The maximum Gasteiger partial charge on any atom is 0.184 e. The number of ether oxygens (including phenoxy) is 2. The van der Waals surface area contributed by atoms with Gasteiger partial charge in [-0.05, 0) is 17.7 Å². The topological polar surface area (TPSA) is 85.8 Å². The molecule has 20 heavy (non-hydrogen) atoms. The number of nitrogens with two attached hydrogens (primary N) is 2. The normalized spacial score (nSPS) is 21.9. The van der Waals surface area contributed by atoms with Gasteiger partial charge in [-0.2, -0.15) is 0 Å². The molecule has 2 aliphatic rings. The van der Waals surface area contributed by atoms with Crippen molar-refractivity contribution in [1.82, 2.24) is 5.32 Å². The van der Waals surface area contributed by atoms with Gasteiger partial charge in [0.25, 0.3) is 0 Å². The van der Waals surface area contributed by atoms with E-state index in [9.17, 15) is 0 Å². The van der Waals surface area contributed by atoms with Gasteiger partial charge in [0, 0.05) is 32.7 Å². The van der Waals surface area contributed by atoms with E-state index < -0.39 is 0 Å². The van der Waals surface area contributed by atoms with E-state index in [0.717, 1.165) is 42.4 Å². The molecular weight excluding hydrogens is 256 g/mol. The molecule has 2 heterocycles. The van der Waals surface area contributed by atoms with Gasteiger partial charge in [-0.25, -0.2) is 0 Å². The quantitative estimate of drug-likeness (QED) is 0.701. The number of fused-ring (bicyclic) bond motifs is 1. The number of nitrogens with one attached hydrogen (secondary N) is 1. The smallest absolute Gasteiger partial charge is 0.184 e. The van der Waals surface area contributed by atoms with E-state index >= 15 is 0 Å². The summed E-state index contributed by atoms with van der Waals surface area (Å²) in [5.41, 5.74) is 13.8. The molecule has 1 aromatic rings. The average Bonchev–Trinajstić information content (AvgIpc) is 2.53. The third-order valence-corrected chi connectivity index (χ3v) is 3.85. The number of piperazine rings is 1. The highest BCUT2D eigenvalue weighted by atomic mass is 16.6. The van der Waals surface area contributed by atoms with Crippen molar-refractivity contribution in [1.29, 1.82) is 0 Å². The monoisotopic (exact) mass is 278 g/mol. The van der Waals surface area contributed by atoms with Crippen molar-refractivity contribution in [2.24, 2.45) is 11.5 Å². The molecular formula is C14H22N4O2. The summed E-state index contributed by atoms with van der Waals surface area (Å²) in [7, 11) is 0. The standard InChI is InChI=1S/C14H22N4O2/c15-7-10-5-12(14-13(6-10)19-3-4-20-14)18-2-1-17-9-11(18)8-16/h5-6,11,17H,1-4,7-9,15-16H2. The number of hydrogen-bond donors (Lipinski definition) is 3. The lowest BCUT2D eigenvalue weighted by Gasteiger charge is -2.39. The zero-order valence-corrected chi connectivity index (χ0v) is 11.6. The molecule has 0 amide bonds. The highest BCUT2D eigenvalue weighted by Crippen LogP contribution is 2.41. The Balaban J connectivity index is 2.01. The Kier molecular flexibility index (Phi) is 3.95. The predicted molar refractivity (Wildman–Crippen MR) is 78.4 cm³/mol. The first-order valence-corrected chi connectivity index (χ1v) is 7.13. The summed E-state index contributed by atoms with van der Waals surface area (Å²) in [5.74, 6) is 1.62. The molecule has 0 aliphatic carbocycles. The fraction of sp³-hybridized carbons (Fsp3) is 0.571. The van der Waals surface area contributed by atoms with Crippen LogP contribution in [0.5, 0.6) is 11.5 Å². The van der Waals surface area contributed by atoms with Crippen LogP contribution in [0.3, 0.4) is 0 Å². The van der Waals surface area contributed by atoms with Crippen LogP contribution in [0.1, 0.15) is 5.56 Å². The van der Waals surface area contributed by atoms with E-state index in [1.165, 1.54) is 0 Å². The average molecular weight is 278 g/mol. The molecule has 3 rings (SSSR count). The summed E-state index contributed by atoms with van der Waals surface area (Å²) in [5, 5.41) is 3.38. The summed E-state index contributed by atoms with van der Waals surface area (Å²) < 4.78 is 11.5. The fourth-order valence-electron chi connectivity index (χ4n) is 2.81. The first kappa shape index (κ1) is 13.5. The van der Waals surface area contributed by atoms with E-state index in [1.807, 2.05) is 6.07 Å². The lowest BCUT2D eigenvalue weighted by molar-refractivity contribution is 0.171. The van der Waals surface area contributed by atoms with Crippen LogP contribution in [0, 0.1) is 0 Å². The van der Waals surface area contributed by atoms with Gasteiger partial charge in [0.2, 0.25) is 0 Å². The molecule has 1 atom stereocenters. The van der Waals surface area contributed by atoms with Crippen LogP contribution < -0.4 is 31.2 Å². The number of anilines is 1. The third-order valence-electron chi connectivity index (χ3n) is 3.85. The molecule has 0 bridgehead atoms. The lowest BCUT2D eigenvalue weighted by atomic mass is 10.1. The van der Waals surface area contributed by atoms with Gasteiger partial charge in [-0.1, -0.05) is 0 Å². The zero-order chi connectivity index (χ0) is 13.9. The molecule has 1 unspecified atom stereocenters. The Morgan fingerprint density at radius 2 is 2.10 bits per heavy atom. The minimum absolute atomic E-state index is 0.270. The second kappa shape index (κ2) is 5.87. The highest BCUT2D eigenvalue weighted by Gasteiger charge is 2.27. The predicted octanol–water partition coefficient (Wildman–Crippen LogP) is -0.347. The molecule has 1 saturated heterocycles. The van der Waals surface area contributed by atoms with Crippen LogP contribution in [0.25, 0.3) is 0 Å². The van der Waals surface area contributed by atoms with Crippen LogP contribution in [0.15, 0.2) is 12.1 Å². The highest BCUT2D eigenvalue weighted by molar-refractivity contribution is 5.67. The second-order valence-electron chi connectivity index (χ2n) is 5.13. The van der Waals surface area contributed by atoms with E-state index in [0.29, 0.717) is 26.3 Å². The van der Waals surface area contributed by atoms with Crippen LogP contribution in [-0.2, 0) is 6.54 Å². The molecule has 6 nitrogen and oxygen atoms in total. The molecule has 0 saturated carbocycles. The fourth-order valence-corrected chi connectivity index (χ4v) is 2.81. The SMILES string of the molecule is NCc1cc2c(c(N3CCNCC3CN)c1)OCCO2. The molecule has 110 valence electrons. The Bertz CT molecular complexity index is 480. The lowest BCUT2D eigenvalue weighted by Crippen LogP contribution is -2.54. The number of nitrogens with zero attached hydrogens (tertiary/aromatic N) is 1. The first-order valence-electron chi connectivity index (χ1n) is 7.13. The minimum atomic E-state index is 0.270. The molecule has 0 aromatic heterocycles. The van der Waals surface area contributed by atoms with Crippen molar-refractivity contribution >= 4 is 5.69 Å².